The fourth-order valence-corrected chi connectivity index (χ4v) is 2.09. The zero-order valence-electron chi connectivity index (χ0n) is 10.4. The molecule has 2 rings (SSSR count). The predicted octanol–water partition coefficient (Wildman–Crippen LogP) is 2.62. The zero-order valence-corrected chi connectivity index (χ0v) is 12.0. The molecule has 0 fully saturated rings. The summed E-state index contributed by atoms with van der Waals surface area (Å²) in [5, 5.41) is 15.9. The summed E-state index contributed by atoms with van der Waals surface area (Å²) < 4.78 is 2.37. The highest BCUT2D eigenvalue weighted by Gasteiger charge is 2.14. The fraction of sp³-hybridized carbons (Fsp3) is 0.154. The van der Waals surface area contributed by atoms with E-state index in [4.69, 9.17) is 5.26 Å². The van der Waals surface area contributed by atoms with Crippen molar-refractivity contribution in [3.8, 4) is 6.07 Å². The molecule has 2 aromatic rings. The van der Waals surface area contributed by atoms with Crippen LogP contribution in [0.4, 0.5) is 5.69 Å². The van der Waals surface area contributed by atoms with Crippen molar-refractivity contribution < 1.29 is 4.79 Å². The monoisotopic (exact) mass is 318 g/mol. The number of halogens is 1. The molecule has 0 spiro atoms. The van der Waals surface area contributed by atoms with Gasteiger partial charge >= 0.3 is 0 Å². The Hall–Kier alpha value is -2.13. The summed E-state index contributed by atoms with van der Waals surface area (Å²) in [5.41, 5.74) is 2.04. The van der Waals surface area contributed by atoms with Gasteiger partial charge in [0.1, 0.15) is 6.07 Å². The third-order valence-corrected chi connectivity index (χ3v) is 3.10. The van der Waals surface area contributed by atoms with Crippen molar-refractivity contribution in [2.24, 2.45) is 7.05 Å². The van der Waals surface area contributed by atoms with E-state index in [-0.39, 0.29) is 5.91 Å². The van der Waals surface area contributed by atoms with Crippen LogP contribution in [0.5, 0.6) is 0 Å². The topological polar surface area (TPSA) is 70.7 Å². The Morgan fingerprint density at radius 1 is 1.53 bits per heavy atom. The minimum Gasteiger partial charge on any atom is -0.321 e. The second-order valence-corrected chi connectivity index (χ2v) is 4.97. The molecule has 19 heavy (non-hydrogen) atoms. The first-order chi connectivity index (χ1) is 9.01. The molecule has 0 saturated heterocycles. The summed E-state index contributed by atoms with van der Waals surface area (Å²) in [6.07, 6.45) is 1.65. The molecule has 0 aliphatic carbocycles. The molecule has 1 aromatic carbocycles. The molecule has 6 heteroatoms. The Labute approximate surface area is 119 Å². The van der Waals surface area contributed by atoms with Crippen LogP contribution in [-0.2, 0) is 7.05 Å². The lowest BCUT2D eigenvalue weighted by Gasteiger charge is -2.06. The van der Waals surface area contributed by atoms with E-state index in [0.29, 0.717) is 22.5 Å². The van der Waals surface area contributed by atoms with Crippen LogP contribution in [0.15, 0.2) is 28.9 Å². The molecular formula is C13H11BrN4O. The van der Waals surface area contributed by atoms with Gasteiger partial charge in [-0.05, 0) is 25.1 Å². The Balaban J connectivity index is 2.29. The summed E-state index contributed by atoms with van der Waals surface area (Å²) >= 11 is 3.29. The molecule has 0 bridgehead atoms. The molecule has 96 valence electrons. The number of amides is 1. The Kier molecular flexibility index (Phi) is 3.67. The number of nitriles is 1. The number of nitrogens with zero attached hydrogens (tertiary/aromatic N) is 3. The molecule has 1 N–H and O–H groups in total. The number of nitrogens with one attached hydrogen (secondary N) is 1. The third-order valence-electron chi connectivity index (χ3n) is 2.61. The fourth-order valence-electron chi connectivity index (χ4n) is 1.73. The van der Waals surface area contributed by atoms with Crippen molar-refractivity contribution >= 4 is 27.5 Å². The van der Waals surface area contributed by atoms with E-state index in [1.54, 1.807) is 43.0 Å². The molecule has 0 aliphatic heterocycles. The minimum absolute atomic E-state index is 0.274. The summed E-state index contributed by atoms with van der Waals surface area (Å²) in [6, 6.07) is 7.16. The second kappa shape index (κ2) is 5.24. The van der Waals surface area contributed by atoms with Crippen LogP contribution < -0.4 is 5.32 Å². The van der Waals surface area contributed by atoms with Gasteiger partial charge in [0.15, 0.2) is 0 Å². The van der Waals surface area contributed by atoms with Crippen molar-refractivity contribution in [2.45, 2.75) is 6.92 Å². The van der Waals surface area contributed by atoms with Crippen LogP contribution >= 0.6 is 15.9 Å². The summed E-state index contributed by atoms with van der Waals surface area (Å²) in [4.78, 5) is 12.1. The van der Waals surface area contributed by atoms with Crippen LogP contribution in [0.3, 0.4) is 0 Å². The lowest BCUT2D eigenvalue weighted by molar-refractivity contribution is 0.102. The Bertz CT molecular complexity index is 684. The average molecular weight is 319 g/mol. The smallest absolute Gasteiger partial charge is 0.259 e. The molecule has 0 aliphatic rings. The first-order valence-electron chi connectivity index (χ1n) is 5.52. The van der Waals surface area contributed by atoms with E-state index >= 15 is 0 Å². The van der Waals surface area contributed by atoms with Gasteiger partial charge in [0.2, 0.25) is 0 Å². The van der Waals surface area contributed by atoms with E-state index < -0.39 is 0 Å². The van der Waals surface area contributed by atoms with Gasteiger partial charge < -0.3 is 5.32 Å². The summed E-state index contributed by atoms with van der Waals surface area (Å²) in [6.45, 7) is 1.77. The zero-order chi connectivity index (χ0) is 14.0. The number of benzene rings is 1. The number of aryl methyl sites for hydroxylation is 2. The predicted molar refractivity (Wildman–Crippen MR) is 74.8 cm³/mol. The van der Waals surface area contributed by atoms with Crippen molar-refractivity contribution in [2.75, 3.05) is 5.32 Å². The van der Waals surface area contributed by atoms with Crippen LogP contribution in [0, 0.1) is 18.3 Å². The van der Waals surface area contributed by atoms with Gasteiger partial charge in [-0.15, -0.1) is 0 Å². The maximum absolute atomic E-state index is 12.1. The average Bonchev–Trinajstić information content (AvgIpc) is 2.70. The van der Waals surface area contributed by atoms with Crippen molar-refractivity contribution in [3.05, 3.63) is 45.7 Å². The Morgan fingerprint density at radius 3 is 2.84 bits per heavy atom. The third kappa shape index (κ3) is 2.83. The normalized spacial score (nSPS) is 10.0. The van der Waals surface area contributed by atoms with Crippen molar-refractivity contribution in [1.29, 1.82) is 5.26 Å². The molecule has 1 aromatic heterocycles. The van der Waals surface area contributed by atoms with Crippen molar-refractivity contribution in [1.82, 2.24) is 9.78 Å². The van der Waals surface area contributed by atoms with Crippen LogP contribution in [-0.4, -0.2) is 15.7 Å². The highest BCUT2D eigenvalue weighted by Crippen LogP contribution is 2.21. The van der Waals surface area contributed by atoms with Crippen LogP contribution in [0.1, 0.15) is 21.6 Å². The lowest BCUT2D eigenvalue weighted by Crippen LogP contribution is -2.13. The highest BCUT2D eigenvalue weighted by atomic mass is 79.9. The molecule has 5 nitrogen and oxygen atoms in total. The second-order valence-electron chi connectivity index (χ2n) is 4.06. The van der Waals surface area contributed by atoms with Gasteiger partial charge in [-0.3, -0.25) is 9.48 Å². The number of carbonyl (C=O) groups is 1. The van der Waals surface area contributed by atoms with E-state index in [1.165, 1.54) is 0 Å². The molecule has 0 atom stereocenters. The largest absolute Gasteiger partial charge is 0.321 e. The number of aromatic nitrogens is 2. The number of rotatable bonds is 2. The molecular weight excluding hydrogens is 308 g/mol. The lowest BCUT2D eigenvalue weighted by atomic mass is 10.2. The van der Waals surface area contributed by atoms with Gasteiger partial charge in [-0.2, -0.15) is 10.4 Å². The number of hydrogen-bond donors (Lipinski definition) is 1. The molecule has 1 heterocycles. The van der Waals surface area contributed by atoms with Gasteiger partial charge in [-0.1, -0.05) is 15.9 Å². The molecule has 0 radical (unpaired) electrons. The highest BCUT2D eigenvalue weighted by molar-refractivity contribution is 9.10. The first kappa shape index (κ1) is 13.3. The number of carbonyl (C=O) groups excluding carboxylic acids is 1. The van der Waals surface area contributed by atoms with E-state index in [1.807, 2.05) is 6.07 Å². The number of anilines is 1. The molecule has 0 unspecified atom stereocenters. The van der Waals surface area contributed by atoms with Gasteiger partial charge in [0.25, 0.3) is 5.91 Å². The Morgan fingerprint density at radius 2 is 2.26 bits per heavy atom. The molecule has 0 saturated carbocycles. The molecule has 1 amide bonds. The summed E-state index contributed by atoms with van der Waals surface area (Å²) in [7, 11) is 1.75. The standard InChI is InChI=1S/C13H11BrN4O/c1-8-11(7-18(2)17-8)13(19)16-12-4-3-10(14)5-9(12)6-15/h3-5,7H,1-2H3,(H,16,19). The van der Waals surface area contributed by atoms with Gasteiger partial charge in [-0.25, -0.2) is 0 Å². The van der Waals surface area contributed by atoms with E-state index in [9.17, 15) is 4.79 Å². The van der Waals surface area contributed by atoms with Gasteiger partial charge in [0.05, 0.1) is 22.5 Å². The summed E-state index contributed by atoms with van der Waals surface area (Å²) in [5.74, 6) is -0.274. The van der Waals surface area contributed by atoms with Crippen molar-refractivity contribution in [3.63, 3.8) is 0 Å². The quantitative estimate of drug-likeness (QED) is 0.925. The maximum Gasteiger partial charge on any atom is 0.259 e. The van der Waals surface area contributed by atoms with Gasteiger partial charge in [0, 0.05) is 17.7 Å². The SMILES string of the molecule is Cc1nn(C)cc1C(=O)Nc1ccc(Br)cc1C#N. The van der Waals surface area contributed by atoms with E-state index in [2.05, 4.69) is 26.3 Å². The van der Waals surface area contributed by atoms with Crippen LogP contribution in [0.25, 0.3) is 0 Å². The maximum atomic E-state index is 12.1. The first-order valence-corrected chi connectivity index (χ1v) is 6.32. The van der Waals surface area contributed by atoms with E-state index in [0.717, 1.165) is 4.47 Å². The minimum atomic E-state index is -0.274. The van der Waals surface area contributed by atoms with Crippen LogP contribution in [0.2, 0.25) is 0 Å². The number of hydrogen-bond acceptors (Lipinski definition) is 3.